The Labute approximate surface area is 152 Å². The Balaban J connectivity index is 3.18. The van der Waals surface area contributed by atoms with Gasteiger partial charge < -0.3 is 18.9 Å². The van der Waals surface area contributed by atoms with E-state index >= 15 is 0 Å². The SMILES string of the molecule is CCCCC(OC(C)=O)C(OC(C)=O)C(OC(C)=O)C1CC=CC(=O)O1. The van der Waals surface area contributed by atoms with Crippen molar-refractivity contribution in [1.29, 1.82) is 0 Å². The van der Waals surface area contributed by atoms with Crippen molar-refractivity contribution in [3.05, 3.63) is 12.2 Å². The van der Waals surface area contributed by atoms with Gasteiger partial charge in [0.2, 0.25) is 0 Å². The molecule has 0 spiro atoms. The fourth-order valence-corrected chi connectivity index (χ4v) is 2.74. The third kappa shape index (κ3) is 7.25. The summed E-state index contributed by atoms with van der Waals surface area (Å²) in [6.07, 6.45) is 1.21. The molecular formula is C18H26O8. The van der Waals surface area contributed by atoms with Gasteiger partial charge in [0.05, 0.1) is 0 Å². The van der Waals surface area contributed by atoms with Crippen LogP contribution in [0.15, 0.2) is 12.2 Å². The first-order valence-corrected chi connectivity index (χ1v) is 8.63. The molecule has 0 bridgehead atoms. The summed E-state index contributed by atoms with van der Waals surface area (Å²) in [4.78, 5) is 46.3. The molecule has 8 heteroatoms. The van der Waals surface area contributed by atoms with E-state index in [4.69, 9.17) is 18.9 Å². The van der Waals surface area contributed by atoms with Crippen LogP contribution in [0.2, 0.25) is 0 Å². The van der Waals surface area contributed by atoms with E-state index in [1.807, 2.05) is 6.92 Å². The summed E-state index contributed by atoms with van der Waals surface area (Å²) in [5.74, 6) is -2.39. The summed E-state index contributed by atoms with van der Waals surface area (Å²) >= 11 is 0. The second kappa shape index (κ2) is 10.6. The number of unbranched alkanes of at least 4 members (excludes halogenated alkanes) is 1. The average molecular weight is 370 g/mol. The van der Waals surface area contributed by atoms with Gasteiger partial charge in [-0.2, -0.15) is 0 Å². The molecule has 0 aliphatic carbocycles. The third-order valence-corrected chi connectivity index (χ3v) is 3.71. The molecule has 0 fully saturated rings. The predicted molar refractivity (Wildman–Crippen MR) is 89.8 cm³/mol. The number of hydrogen-bond donors (Lipinski definition) is 0. The van der Waals surface area contributed by atoms with E-state index < -0.39 is 48.3 Å². The van der Waals surface area contributed by atoms with Crippen LogP contribution in [0.5, 0.6) is 0 Å². The Kier molecular flexibility index (Phi) is 8.81. The first-order valence-electron chi connectivity index (χ1n) is 8.63. The maximum absolute atomic E-state index is 11.6. The zero-order valence-corrected chi connectivity index (χ0v) is 15.6. The number of hydrogen-bond acceptors (Lipinski definition) is 8. The Bertz CT molecular complexity index is 553. The third-order valence-electron chi connectivity index (χ3n) is 3.71. The molecule has 0 saturated carbocycles. The molecule has 8 nitrogen and oxygen atoms in total. The predicted octanol–water partition coefficient (Wildman–Crippen LogP) is 1.84. The highest BCUT2D eigenvalue weighted by Crippen LogP contribution is 2.25. The molecule has 0 N–H and O–H groups in total. The monoisotopic (exact) mass is 370 g/mol. The average Bonchev–Trinajstić information content (AvgIpc) is 2.54. The van der Waals surface area contributed by atoms with Crippen LogP contribution in [-0.2, 0) is 38.1 Å². The van der Waals surface area contributed by atoms with Crippen molar-refractivity contribution in [3.8, 4) is 0 Å². The Hall–Kier alpha value is -2.38. The molecule has 0 radical (unpaired) electrons. The Morgan fingerprint density at radius 1 is 1.12 bits per heavy atom. The van der Waals surface area contributed by atoms with Gasteiger partial charge in [-0.15, -0.1) is 0 Å². The lowest BCUT2D eigenvalue weighted by atomic mass is 9.95. The molecule has 1 rings (SSSR count). The number of esters is 4. The lowest BCUT2D eigenvalue weighted by Gasteiger charge is -2.36. The molecule has 0 saturated heterocycles. The van der Waals surface area contributed by atoms with E-state index in [9.17, 15) is 19.2 Å². The maximum Gasteiger partial charge on any atom is 0.330 e. The highest BCUT2D eigenvalue weighted by atomic mass is 16.6. The zero-order chi connectivity index (χ0) is 19.7. The minimum absolute atomic E-state index is 0.280. The van der Waals surface area contributed by atoms with Gasteiger partial charge in [-0.25, -0.2) is 4.79 Å². The molecule has 1 heterocycles. The van der Waals surface area contributed by atoms with E-state index in [2.05, 4.69) is 0 Å². The van der Waals surface area contributed by atoms with Crippen LogP contribution in [0.4, 0.5) is 0 Å². The van der Waals surface area contributed by atoms with Crippen molar-refractivity contribution in [1.82, 2.24) is 0 Å². The van der Waals surface area contributed by atoms with Crippen LogP contribution in [0.1, 0.15) is 53.4 Å². The minimum atomic E-state index is -1.09. The van der Waals surface area contributed by atoms with Crippen molar-refractivity contribution < 1.29 is 38.1 Å². The van der Waals surface area contributed by atoms with Crippen molar-refractivity contribution in [2.45, 2.75) is 77.8 Å². The number of rotatable bonds is 9. The Morgan fingerprint density at radius 3 is 2.23 bits per heavy atom. The lowest BCUT2D eigenvalue weighted by Crippen LogP contribution is -2.51. The molecule has 146 valence electrons. The first kappa shape index (κ1) is 21.7. The van der Waals surface area contributed by atoms with E-state index in [1.165, 1.54) is 26.8 Å². The van der Waals surface area contributed by atoms with Crippen LogP contribution in [0.3, 0.4) is 0 Å². The highest BCUT2D eigenvalue weighted by Gasteiger charge is 2.43. The second-order valence-electron chi connectivity index (χ2n) is 6.05. The molecule has 4 atom stereocenters. The molecule has 1 aliphatic rings. The van der Waals surface area contributed by atoms with E-state index in [0.29, 0.717) is 12.8 Å². The van der Waals surface area contributed by atoms with Crippen molar-refractivity contribution >= 4 is 23.9 Å². The van der Waals surface area contributed by atoms with Crippen molar-refractivity contribution in [2.24, 2.45) is 0 Å². The number of ether oxygens (including phenoxy) is 4. The quantitative estimate of drug-likeness (QED) is 0.447. The van der Waals surface area contributed by atoms with Crippen LogP contribution in [0.25, 0.3) is 0 Å². The van der Waals surface area contributed by atoms with E-state index in [0.717, 1.165) is 6.42 Å². The van der Waals surface area contributed by atoms with Crippen LogP contribution >= 0.6 is 0 Å². The molecule has 0 aromatic heterocycles. The van der Waals surface area contributed by atoms with Gasteiger partial charge in [0.25, 0.3) is 0 Å². The summed E-state index contributed by atoms with van der Waals surface area (Å²) in [6.45, 7) is 5.61. The summed E-state index contributed by atoms with van der Waals surface area (Å²) in [5.41, 5.74) is 0. The topological polar surface area (TPSA) is 105 Å². The van der Waals surface area contributed by atoms with Crippen molar-refractivity contribution in [3.63, 3.8) is 0 Å². The first-order chi connectivity index (χ1) is 12.2. The minimum Gasteiger partial charge on any atom is -0.458 e. The zero-order valence-electron chi connectivity index (χ0n) is 15.6. The largest absolute Gasteiger partial charge is 0.458 e. The van der Waals surface area contributed by atoms with Gasteiger partial charge in [0.1, 0.15) is 12.2 Å². The molecular weight excluding hydrogens is 344 g/mol. The summed E-state index contributed by atoms with van der Waals surface area (Å²) < 4.78 is 21.2. The van der Waals surface area contributed by atoms with Crippen LogP contribution in [0, 0.1) is 0 Å². The Morgan fingerprint density at radius 2 is 1.73 bits per heavy atom. The normalized spacial score (nSPS) is 19.7. The second-order valence-corrected chi connectivity index (χ2v) is 6.05. The number of carbonyl (C=O) groups is 4. The van der Waals surface area contributed by atoms with Gasteiger partial charge in [0.15, 0.2) is 12.2 Å². The summed E-state index contributed by atoms with van der Waals surface area (Å²) in [7, 11) is 0. The van der Waals surface area contributed by atoms with Gasteiger partial charge in [-0.05, 0) is 12.8 Å². The fourth-order valence-electron chi connectivity index (χ4n) is 2.74. The lowest BCUT2D eigenvalue weighted by molar-refractivity contribution is -0.198. The van der Waals surface area contributed by atoms with E-state index in [1.54, 1.807) is 6.08 Å². The molecule has 0 aromatic carbocycles. The van der Waals surface area contributed by atoms with E-state index in [-0.39, 0.29) is 6.42 Å². The highest BCUT2D eigenvalue weighted by molar-refractivity contribution is 5.82. The molecule has 4 unspecified atom stereocenters. The van der Waals surface area contributed by atoms with Crippen LogP contribution in [-0.4, -0.2) is 48.3 Å². The number of cyclic esters (lactones) is 1. The molecule has 26 heavy (non-hydrogen) atoms. The maximum atomic E-state index is 11.6. The molecule has 0 aromatic rings. The van der Waals surface area contributed by atoms with Gasteiger partial charge in [-0.1, -0.05) is 19.4 Å². The van der Waals surface area contributed by atoms with Crippen LogP contribution < -0.4 is 0 Å². The standard InChI is InChI=1S/C18H26O8/c1-5-6-8-14(23-11(2)19)17(24-12(3)20)18(25-13(4)21)15-9-7-10-16(22)26-15/h7,10,14-15,17-18H,5-6,8-9H2,1-4H3. The van der Waals surface area contributed by atoms with Crippen molar-refractivity contribution in [2.75, 3.05) is 0 Å². The summed E-state index contributed by atoms with van der Waals surface area (Å²) in [5, 5.41) is 0. The smallest absolute Gasteiger partial charge is 0.330 e. The number of carbonyl (C=O) groups excluding carboxylic acids is 4. The summed E-state index contributed by atoms with van der Waals surface area (Å²) in [6, 6.07) is 0. The molecule has 1 aliphatic heterocycles. The van der Waals surface area contributed by atoms with Gasteiger partial charge >= 0.3 is 23.9 Å². The van der Waals surface area contributed by atoms with Gasteiger partial charge in [-0.3, -0.25) is 14.4 Å². The van der Waals surface area contributed by atoms with Gasteiger partial charge in [0, 0.05) is 33.3 Å². The molecule has 0 amide bonds. The fraction of sp³-hybridized carbons (Fsp3) is 0.667.